The van der Waals surface area contributed by atoms with Crippen molar-refractivity contribution in [3.8, 4) is 5.75 Å². The van der Waals surface area contributed by atoms with E-state index in [9.17, 15) is 19.5 Å². The first-order chi connectivity index (χ1) is 11.6. The lowest BCUT2D eigenvalue weighted by atomic mass is 10.0. The fourth-order valence-corrected chi connectivity index (χ4v) is 3.44. The Labute approximate surface area is 137 Å². The van der Waals surface area contributed by atoms with Gasteiger partial charge in [-0.05, 0) is 18.6 Å². The van der Waals surface area contributed by atoms with Crippen LogP contribution in [0.15, 0.2) is 12.1 Å². The fourth-order valence-electron chi connectivity index (χ4n) is 3.44. The zero-order valence-electron chi connectivity index (χ0n) is 12.9. The van der Waals surface area contributed by atoms with Gasteiger partial charge < -0.3 is 20.1 Å². The molecule has 1 aromatic rings. The van der Waals surface area contributed by atoms with Gasteiger partial charge in [0.05, 0.1) is 24.9 Å². The summed E-state index contributed by atoms with van der Waals surface area (Å²) >= 11 is 0. The Bertz CT molecular complexity index is 747. The van der Waals surface area contributed by atoms with Gasteiger partial charge in [0.25, 0.3) is 5.91 Å². The molecule has 3 amide bonds. The Morgan fingerprint density at radius 1 is 1.29 bits per heavy atom. The zero-order valence-corrected chi connectivity index (χ0v) is 12.9. The molecule has 0 bridgehead atoms. The summed E-state index contributed by atoms with van der Waals surface area (Å²) in [5.74, 6) is -0.364. The molecule has 0 aromatic heterocycles. The second kappa shape index (κ2) is 5.48. The van der Waals surface area contributed by atoms with Crippen LogP contribution in [-0.2, 0) is 16.1 Å². The molecule has 3 aliphatic rings. The molecule has 3 N–H and O–H groups in total. The van der Waals surface area contributed by atoms with Crippen LogP contribution in [0, 0.1) is 0 Å². The number of nitrogens with zero attached hydrogens (tertiary/aromatic N) is 1. The number of nitrogens with one attached hydrogen (secondary N) is 2. The molecular weight excluding hydrogens is 314 g/mol. The van der Waals surface area contributed by atoms with E-state index in [-0.39, 0.29) is 37.4 Å². The number of ether oxygens (including phenoxy) is 1. The molecule has 1 fully saturated rings. The number of hydrogen-bond acceptors (Lipinski definition) is 6. The minimum Gasteiger partial charge on any atom is -0.489 e. The highest BCUT2D eigenvalue weighted by atomic mass is 16.5. The molecule has 8 nitrogen and oxygen atoms in total. The summed E-state index contributed by atoms with van der Waals surface area (Å²) in [6, 6.07) is 2.64. The molecule has 1 saturated heterocycles. The van der Waals surface area contributed by atoms with Gasteiger partial charge in [-0.25, -0.2) is 0 Å². The molecule has 3 heterocycles. The van der Waals surface area contributed by atoms with Crippen molar-refractivity contribution in [2.24, 2.45) is 0 Å². The van der Waals surface area contributed by atoms with E-state index < -0.39 is 11.9 Å². The Kier molecular flexibility index (Phi) is 3.42. The van der Waals surface area contributed by atoms with Crippen molar-refractivity contribution >= 4 is 23.4 Å². The molecule has 0 spiro atoms. The quantitative estimate of drug-likeness (QED) is 0.637. The second-order valence-electron chi connectivity index (χ2n) is 6.20. The molecule has 4 rings (SSSR count). The second-order valence-corrected chi connectivity index (χ2v) is 6.20. The fraction of sp³-hybridized carbons (Fsp3) is 0.438. The number of rotatable bonds is 2. The number of amides is 3. The summed E-state index contributed by atoms with van der Waals surface area (Å²) in [6.07, 6.45) is 0.559. The van der Waals surface area contributed by atoms with Crippen LogP contribution in [0.1, 0.15) is 28.8 Å². The third-order valence-corrected chi connectivity index (χ3v) is 4.68. The lowest BCUT2D eigenvalue weighted by Crippen LogP contribution is -2.52. The summed E-state index contributed by atoms with van der Waals surface area (Å²) in [4.78, 5) is 37.5. The Morgan fingerprint density at radius 3 is 2.88 bits per heavy atom. The number of piperidine rings is 1. The first-order valence-corrected chi connectivity index (χ1v) is 7.89. The van der Waals surface area contributed by atoms with Gasteiger partial charge >= 0.3 is 0 Å². The van der Waals surface area contributed by atoms with E-state index in [1.807, 2.05) is 0 Å². The Morgan fingerprint density at radius 2 is 2.12 bits per heavy atom. The molecule has 0 unspecified atom stereocenters. The molecule has 2 atom stereocenters. The van der Waals surface area contributed by atoms with E-state index in [1.54, 1.807) is 12.1 Å². The van der Waals surface area contributed by atoms with Crippen LogP contribution in [-0.4, -0.2) is 53.0 Å². The summed E-state index contributed by atoms with van der Waals surface area (Å²) in [6.45, 7) is 0.541. The minimum absolute atomic E-state index is 0.0438. The number of anilines is 1. The first kappa shape index (κ1) is 14.9. The molecule has 8 heteroatoms. The Hall–Kier alpha value is -2.61. The standard InChI is InChI=1S/C16H17N3O5/c20-6-8-7-24-14-10-5-19(12-3-4-13(21)18-15(12)22)16(23)9(10)1-2-11(14)17-8/h1-2,8,12,17,20H,3-7H2,(H,18,21,22)/t8-,12+/m1/s1. The van der Waals surface area contributed by atoms with Gasteiger partial charge in [0, 0.05) is 17.5 Å². The molecule has 3 aliphatic heterocycles. The maximum Gasteiger partial charge on any atom is 0.255 e. The van der Waals surface area contributed by atoms with Gasteiger partial charge in [-0.3, -0.25) is 19.7 Å². The number of carbonyl (C=O) groups is 3. The van der Waals surface area contributed by atoms with E-state index in [0.29, 0.717) is 24.3 Å². The third kappa shape index (κ3) is 2.22. The van der Waals surface area contributed by atoms with Crippen molar-refractivity contribution in [2.75, 3.05) is 18.5 Å². The maximum absolute atomic E-state index is 12.7. The molecule has 0 aliphatic carbocycles. The SMILES string of the molecule is O=C1CC[C@H](N2Cc3c(ccc4c3OC[C@@H](CO)N4)C2=O)C(=O)N1. The van der Waals surface area contributed by atoms with Gasteiger partial charge in [-0.2, -0.15) is 0 Å². The van der Waals surface area contributed by atoms with Crippen molar-refractivity contribution in [1.82, 2.24) is 10.2 Å². The van der Waals surface area contributed by atoms with Gasteiger partial charge in [0.1, 0.15) is 18.4 Å². The maximum atomic E-state index is 12.7. The molecule has 1 aromatic carbocycles. The van der Waals surface area contributed by atoms with Crippen LogP contribution in [0.3, 0.4) is 0 Å². The van der Waals surface area contributed by atoms with Gasteiger partial charge in [-0.15, -0.1) is 0 Å². The summed E-state index contributed by atoms with van der Waals surface area (Å²) in [5, 5.41) is 14.7. The van der Waals surface area contributed by atoms with Gasteiger partial charge in [0.2, 0.25) is 11.8 Å². The van der Waals surface area contributed by atoms with E-state index in [0.717, 1.165) is 11.3 Å². The number of benzene rings is 1. The van der Waals surface area contributed by atoms with Crippen molar-refractivity contribution in [1.29, 1.82) is 0 Å². The number of imide groups is 1. The number of carbonyl (C=O) groups excluding carboxylic acids is 3. The number of fused-ring (bicyclic) bond motifs is 3. The normalized spacial score (nSPS) is 25.5. The largest absolute Gasteiger partial charge is 0.489 e. The summed E-state index contributed by atoms with van der Waals surface area (Å²) in [5.41, 5.74) is 1.99. The van der Waals surface area contributed by atoms with E-state index in [4.69, 9.17) is 4.74 Å². The van der Waals surface area contributed by atoms with Crippen molar-refractivity contribution in [3.63, 3.8) is 0 Å². The summed E-state index contributed by atoms with van der Waals surface area (Å²) in [7, 11) is 0. The van der Waals surface area contributed by atoms with Crippen molar-refractivity contribution < 1.29 is 24.2 Å². The minimum atomic E-state index is -0.639. The molecule has 0 radical (unpaired) electrons. The van der Waals surface area contributed by atoms with Crippen molar-refractivity contribution in [3.05, 3.63) is 23.3 Å². The zero-order chi connectivity index (χ0) is 16.8. The highest BCUT2D eigenvalue weighted by molar-refractivity contribution is 6.06. The van der Waals surface area contributed by atoms with Crippen LogP contribution >= 0.6 is 0 Å². The molecule has 126 valence electrons. The Balaban J connectivity index is 1.63. The van der Waals surface area contributed by atoms with E-state index in [2.05, 4.69) is 10.6 Å². The smallest absolute Gasteiger partial charge is 0.255 e. The van der Waals surface area contributed by atoms with Crippen LogP contribution < -0.4 is 15.4 Å². The lowest BCUT2D eigenvalue weighted by Gasteiger charge is -2.30. The number of aliphatic hydroxyl groups excluding tert-OH is 1. The predicted molar refractivity (Wildman–Crippen MR) is 82.5 cm³/mol. The van der Waals surface area contributed by atoms with Gasteiger partial charge in [-0.1, -0.05) is 0 Å². The monoisotopic (exact) mass is 331 g/mol. The first-order valence-electron chi connectivity index (χ1n) is 7.89. The average molecular weight is 331 g/mol. The highest BCUT2D eigenvalue weighted by Crippen LogP contribution is 2.40. The van der Waals surface area contributed by atoms with Crippen LogP contribution in [0.5, 0.6) is 5.75 Å². The number of hydrogen-bond donors (Lipinski definition) is 3. The van der Waals surface area contributed by atoms with Crippen LogP contribution in [0.4, 0.5) is 5.69 Å². The lowest BCUT2D eigenvalue weighted by molar-refractivity contribution is -0.136. The third-order valence-electron chi connectivity index (χ3n) is 4.68. The average Bonchev–Trinajstić information content (AvgIpc) is 2.91. The number of aliphatic hydroxyl groups is 1. The van der Waals surface area contributed by atoms with Gasteiger partial charge in [0.15, 0.2) is 0 Å². The molecular formula is C16H17N3O5. The topological polar surface area (TPSA) is 108 Å². The molecule has 24 heavy (non-hydrogen) atoms. The molecule has 0 saturated carbocycles. The van der Waals surface area contributed by atoms with Crippen molar-refractivity contribution in [2.45, 2.75) is 31.5 Å². The predicted octanol–water partition coefficient (Wildman–Crippen LogP) is -0.387. The van der Waals surface area contributed by atoms with Crippen LogP contribution in [0.25, 0.3) is 0 Å². The van der Waals surface area contributed by atoms with E-state index in [1.165, 1.54) is 4.90 Å². The summed E-state index contributed by atoms with van der Waals surface area (Å²) < 4.78 is 5.74. The highest BCUT2D eigenvalue weighted by Gasteiger charge is 2.41. The van der Waals surface area contributed by atoms with Crippen LogP contribution in [0.2, 0.25) is 0 Å². The van der Waals surface area contributed by atoms with E-state index >= 15 is 0 Å².